The molecule has 0 spiro atoms. The van der Waals surface area contributed by atoms with Crippen LogP contribution in [0.5, 0.6) is 0 Å². The first-order valence-corrected chi connectivity index (χ1v) is 16.9. The number of para-hydroxylation sites is 3. The lowest BCUT2D eigenvalue weighted by Gasteiger charge is -2.13. The highest BCUT2D eigenvalue weighted by molar-refractivity contribution is 6.31. The van der Waals surface area contributed by atoms with Crippen molar-refractivity contribution in [3.63, 3.8) is 0 Å². The fraction of sp³-hybridized carbons (Fsp3) is 0. The Morgan fingerprint density at radius 2 is 1.00 bits per heavy atom. The van der Waals surface area contributed by atoms with Crippen LogP contribution in [0.15, 0.2) is 162 Å². The first-order chi connectivity index (χ1) is 24.3. The van der Waals surface area contributed by atoms with Gasteiger partial charge < -0.3 is 13.6 Å². The van der Waals surface area contributed by atoms with Crippen LogP contribution >= 0.6 is 0 Å². The van der Waals surface area contributed by atoms with Crippen molar-refractivity contribution in [1.82, 2.24) is 9.13 Å². The van der Waals surface area contributed by atoms with Crippen LogP contribution < -0.4 is 0 Å². The third-order valence-corrected chi connectivity index (χ3v) is 10.9. The van der Waals surface area contributed by atoms with Crippen LogP contribution in [0.2, 0.25) is 0 Å². The third-order valence-electron chi connectivity index (χ3n) is 10.9. The van der Waals surface area contributed by atoms with E-state index in [9.17, 15) is 0 Å². The van der Waals surface area contributed by atoms with Gasteiger partial charge in [0.2, 0.25) is 0 Å². The summed E-state index contributed by atoms with van der Waals surface area (Å²) in [5.41, 5.74) is 14.1. The van der Waals surface area contributed by atoms with Crippen LogP contribution in [0, 0.1) is 0 Å². The molecule has 3 nitrogen and oxygen atoms in total. The molecular formula is C46H26N2O. The van der Waals surface area contributed by atoms with Gasteiger partial charge in [-0.1, -0.05) is 103 Å². The normalized spacial score (nSPS) is 12.5. The smallest absolute Gasteiger partial charge is 0.145 e. The highest BCUT2D eigenvalue weighted by atomic mass is 16.3. The SMILES string of the molecule is c1ccc(-n2c3ccc4c5ccccc5oc4c3c3ccc4c(c5ccccc5n4-c4ccc5c6c(cccc46)-c4ccccc4-5)c32)cc1. The molecule has 8 aromatic carbocycles. The zero-order valence-corrected chi connectivity index (χ0v) is 26.3. The number of benzene rings is 8. The number of hydrogen-bond acceptors (Lipinski definition) is 1. The molecule has 0 unspecified atom stereocenters. The monoisotopic (exact) mass is 622 g/mol. The largest absolute Gasteiger partial charge is 0.455 e. The Balaban J connectivity index is 1.27. The van der Waals surface area contributed by atoms with E-state index in [0.717, 1.165) is 38.5 Å². The van der Waals surface area contributed by atoms with Gasteiger partial charge in [0.25, 0.3) is 0 Å². The molecule has 1 aliphatic carbocycles. The van der Waals surface area contributed by atoms with E-state index >= 15 is 0 Å². The van der Waals surface area contributed by atoms with Crippen molar-refractivity contribution in [2.45, 2.75) is 0 Å². The number of nitrogens with zero attached hydrogens (tertiary/aromatic N) is 2. The van der Waals surface area contributed by atoms with E-state index in [2.05, 4.69) is 161 Å². The van der Waals surface area contributed by atoms with Crippen LogP contribution in [-0.2, 0) is 0 Å². The minimum atomic E-state index is 0.914. The number of hydrogen-bond donors (Lipinski definition) is 0. The van der Waals surface area contributed by atoms with Crippen molar-refractivity contribution < 1.29 is 4.42 Å². The number of aromatic nitrogens is 2. The van der Waals surface area contributed by atoms with Gasteiger partial charge >= 0.3 is 0 Å². The van der Waals surface area contributed by atoms with Gasteiger partial charge in [0.05, 0.1) is 33.1 Å². The molecule has 3 aromatic heterocycles. The molecule has 12 rings (SSSR count). The maximum atomic E-state index is 6.68. The Bertz CT molecular complexity index is 3180. The summed E-state index contributed by atoms with van der Waals surface area (Å²) < 4.78 is 11.6. The molecule has 49 heavy (non-hydrogen) atoms. The minimum Gasteiger partial charge on any atom is -0.455 e. The number of furan rings is 1. The van der Waals surface area contributed by atoms with Crippen molar-refractivity contribution in [2.75, 3.05) is 0 Å². The number of fused-ring (bicyclic) bond motifs is 14. The van der Waals surface area contributed by atoms with Gasteiger partial charge in [-0.2, -0.15) is 0 Å². The highest BCUT2D eigenvalue weighted by Gasteiger charge is 2.26. The van der Waals surface area contributed by atoms with Gasteiger partial charge in [-0.3, -0.25) is 0 Å². The van der Waals surface area contributed by atoms with Gasteiger partial charge in [-0.25, -0.2) is 0 Å². The standard InChI is InChI=1S/C46H26N2O/c1-2-11-27(12-3-1)47-40-25-22-33-30-15-7-9-20-41(30)49-46(33)44(40)36-23-26-39-43(45(36)47)35-16-6-8-19-37(35)48(39)38-24-21-32-29-14-5-4-13-28(29)31-17-10-18-34(38)42(31)32/h1-26H. The Labute approximate surface area is 280 Å². The molecule has 0 radical (unpaired) electrons. The van der Waals surface area contributed by atoms with Crippen molar-refractivity contribution >= 4 is 76.3 Å². The fourth-order valence-electron chi connectivity index (χ4n) is 8.91. The Morgan fingerprint density at radius 1 is 0.347 bits per heavy atom. The van der Waals surface area contributed by atoms with E-state index < -0.39 is 0 Å². The highest BCUT2D eigenvalue weighted by Crippen LogP contribution is 2.50. The van der Waals surface area contributed by atoms with Gasteiger partial charge in [0.1, 0.15) is 11.2 Å². The Hall–Kier alpha value is -6.58. The predicted octanol–water partition coefficient (Wildman–Crippen LogP) is 12.6. The second-order valence-corrected chi connectivity index (χ2v) is 13.2. The van der Waals surface area contributed by atoms with Gasteiger partial charge in [0, 0.05) is 38.0 Å². The van der Waals surface area contributed by atoms with E-state index in [1.807, 2.05) is 6.07 Å². The Morgan fingerprint density at radius 3 is 1.86 bits per heavy atom. The summed E-state index contributed by atoms with van der Waals surface area (Å²) >= 11 is 0. The van der Waals surface area contributed by atoms with Crippen LogP contribution in [-0.4, -0.2) is 9.13 Å². The third kappa shape index (κ3) is 3.13. The lowest BCUT2D eigenvalue weighted by Crippen LogP contribution is -1.96. The molecule has 0 amide bonds. The fourth-order valence-corrected chi connectivity index (χ4v) is 8.91. The second-order valence-electron chi connectivity index (χ2n) is 13.2. The van der Waals surface area contributed by atoms with Gasteiger partial charge in [-0.05, 0) is 82.2 Å². The zero-order valence-electron chi connectivity index (χ0n) is 26.3. The number of rotatable bonds is 2. The molecule has 0 saturated heterocycles. The predicted molar refractivity (Wildman–Crippen MR) is 204 cm³/mol. The maximum Gasteiger partial charge on any atom is 0.145 e. The van der Waals surface area contributed by atoms with E-state index in [0.29, 0.717) is 0 Å². The summed E-state index contributed by atoms with van der Waals surface area (Å²) in [6.07, 6.45) is 0. The molecular weight excluding hydrogens is 597 g/mol. The summed E-state index contributed by atoms with van der Waals surface area (Å²) in [6.45, 7) is 0. The van der Waals surface area contributed by atoms with Crippen molar-refractivity contribution in [2.24, 2.45) is 0 Å². The first kappa shape index (κ1) is 25.5. The van der Waals surface area contributed by atoms with E-state index in [-0.39, 0.29) is 0 Å². The van der Waals surface area contributed by atoms with Gasteiger partial charge in [0.15, 0.2) is 0 Å². The molecule has 0 bridgehead atoms. The molecule has 0 saturated carbocycles. The van der Waals surface area contributed by atoms with Crippen LogP contribution in [0.25, 0.3) is 110 Å². The molecule has 0 atom stereocenters. The van der Waals surface area contributed by atoms with Crippen LogP contribution in [0.1, 0.15) is 0 Å². The second kappa shape index (κ2) is 9.06. The van der Waals surface area contributed by atoms with E-state index in [1.165, 1.54) is 71.4 Å². The Kier molecular flexibility index (Phi) is 4.72. The molecule has 11 aromatic rings. The average Bonchev–Trinajstić information content (AvgIpc) is 3.89. The maximum absolute atomic E-state index is 6.68. The van der Waals surface area contributed by atoms with E-state index in [4.69, 9.17) is 4.42 Å². The molecule has 1 aliphatic rings. The molecule has 226 valence electrons. The average molecular weight is 623 g/mol. The summed E-state index contributed by atoms with van der Waals surface area (Å²) in [5.74, 6) is 0. The van der Waals surface area contributed by atoms with Crippen LogP contribution in [0.4, 0.5) is 0 Å². The van der Waals surface area contributed by atoms with Crippen molar-refractivity contribution in [3.8, 4) is 33.6 Å². The molecule has 3 heteroatoms. The van der Waals surface area contributed by atoms with Crippen molar-refractivity contribution in [1.29, 1.82) is 0 Å². The van der Waals surface area contributed by atoms with Crippen molar-refractivity contribution in [3.05, 3.63) is 158 Å². The molecule has 0 aliphatic heterocycles. The first-order valence-electron chi connectivity index (χ1n) is 16.9. The molecule has 0 N–H and O–H groups in total. The van der Waals surface area contributed by atoms with Gasteiger partial charge in [-0.15, -0.1) is 0 Å². The molecule has 0 fully saturated rings. The van der Waals surface area contributed by atoms with E-state index in [1.54, 1.807) is 0 Å². The summed E-state index contributed by atoms with van der Waals surface area (Å²) in [7, 11) is 0. The summed E-state index contributed by atoms with van der Waals surface area (Å²) in [4.78, 5) is 0. The topological polar surface area (TPSA) is 23.0 Å². The summed E-state index contributed by atoms with van der Waals surface area (Å²) in [6, 6.07) is 57.4. The lowest BCUT2D eigenvalue weighted by molar-refractivity contribution is 0.673. The zero-order chi connectivity index (χ0) is 31.8. The molecule has 3 heterocycles. The van der Waals surface area contributed by atoms with Crippen LogP contribution in [0.3, 0.4) is 0 Å². The minimum absolute atomic E-state index is 0.914. The quantitative estimate of drug-likeness (QED) is 0.188. The lowest BCUT2D eigenvalue weighted by atomic mass is 10.0. The summed E-state index contributed by atoms with van der Waals surface area (Å²) in [5, 5.41) is 9.70.